The van der Waals surface area contributed by atoms with E-state index in [4.69, 9.17) is 9.47 Å². The van der Waals surface area contributed by atoms with E-state index in [0.717, 1.165) is 35.6 Å². The van der Waals surface area contributed by atoms with Crippen LogP contribution in [0.5, 0.6) is 11.5 Å². The maximum absolute atomic E-state index is 12.9. The second kappa shape index (κ2) is 12.9. The van der Waals surface area contributed by atoms with E-state index in [-0.39, 0.29) is 5.91 Å². The van der Waals surface area contributed by atoms with Crippen molar-refractivity contribution in [2.75, 3.05) is 18.5 Å². The Balaban J connectivity index is 1.70. The van der Waals surface area contributed by atoms with Crippen molar-refractivity contribution in [3.05, 3.63) is 84.2 Å². The zero-order valence-electron chi connectivity index (χ0n) is 19.1. The molecule has 33 heavy (non-hydrogen) atoms. The number of rotatable bonds is 10. The number of carbonyl (C=O) groups excluding carboxylic acids is 1. The molecule has 0 aliphatic carbocycles. The molecule has 1 aromatic heterocycles. The number of nitrogens with zero attached hydrogens (tertiary/aromatic N) is 2. The Morgan fingerprint density at radius 1 is 0.909 bits per heavy atom. The van der Waals surface area contributed by atoms with Crippen molar-refractivity contribution in [1.82, 2.24) is 10.3 Å². The smallest absolute Gasteiger partial charge is 0.257 e. The van der Waals surface area contributed by atoms with Gasteiger partial charge in [-0.15, -0.1) is 0 Å². The predicted molar refractivity (Wildman–Crippen MR) is 131 cm³/mol. The molecule has 2 N–H and O–H groups in total. The van der Waals surface area contributed by atoms with Gasteiger partial charge in [-0.25, -0.2) is 4.99 Å². The Kier molecular flexibility index (Phi) is 9.27. The highest BCUT2D eigenvalue weighted by Crippen LogP contribution is 2.16. The molecule has 7 nitrogen and oxygen atoms in total. The minimum Gasteiger partial charge on any atom is -0.494 e. The Hall–Kier alpha value is -3.87. The van der Waals surface area contributed by atoms with Crippen LogP contribution in [-0.4, -0.2) is 30.1 Å². The van der Waals surface area contributed by atoms with Crippen LogP contribution < -0.4 is 20.1 Å². The van der Waals surface area contributed by atoms with E-state index in [2.05, 4.69) is 27.5 Å². The molecule has 0 saturated carbocycles. The standard InChI is InChI=1S/C26H30N4O3/c1-3-5-18-33-24-10-6-21(7-11-24)25(31)30-26(28-19-20-14-16-27-17-15-20)29-22-8-12-23(13-9-22)32-4-2/h6-17H,3-5,18-19H2,1-2H3,(H2,28,29,30,31). The predicted octanol–water partition coefficient (Wildman–Crippen LogP) is 5.06. The lowest BCUT2D eigenvalue weighted by molar-refractivity contribution is 0.0977. The quantitative estimate of drug-likeness (QED) is 0.258. The Morgan fingerprint density at radius 3 is 2.24 bits per heavy atom. The van der Waals surface area contributed by atoms with Gasteiger partial charge in [-0.3, -0.25) is 15.1 Å². The molecule has 0 aliphatic rings. The van der Waals surface area contributed by atoms with Crippen LogP contribution in [-0.2, 0) is 6.54 Å². The number of hydrogen-bond acceptors (Lipinski definition) is 5. The molecule has 3 aromatic rings. The minimum atomic E-state index is -0.262. The van der Waals surface area contributed by atoms with Crippen molar-refractivity contribution in [2.24, 2.45) is 4.99 Å². The van der Waals surface area contributed by atoms with Gasteiger partial charge < -0.3 is 14.8 Å². The summed E-state index contributed by atoms with van der Waals surface area (Å²) >= 11 is 0. The van der Waals surface area contributed by atoms with Crippen LogP contribution >= 0.6 is 0 Å². The van der Waals surface area contributed by atoms with Gasteiger partial charge in [0.1, 0.15) is 11.5 Å². The van der Waals surface area contributed by atoms with E-state index in [1.807, 2.05) is 43.3 Å². The van der Waals surface area contributed by atoms with Gasteiger partial charge >= 0.3 is 0 Å². The van der Waals surface area contributed by atoms with E-state index in [1.54, 1.807) is 36.7 Å². The Bertz CT molecular complexity index is 1020. The van der Waals surface area contributed by atoms with Crippen LogP contribution in [0.25, 0.3) is 0 Å². The maximum atomic E-state index is 12.9. The lowest BCUT2D eigenvalue weighted by atomic mass is 10.2. The SMILES string of the molecule is CCCCOc1ccc(C(=O)NC(=NCc2ccncc2)Nc2ccc(OCC)cc2)cc1. The highest BCUT2D eigenvalue weighted by molar-refractivity contribution is 6.10. The molecular formula is C26H30N4O3. The first kappa shape index (κ1) is 23.8. The Morgan fingerprint density at radius 2 is 1.58 bits per heavy atom. The molecule has 1 amide bonds. The second-order valence-electron chi connectivity index (χ2n) is 7.28. The van der Waals surface area contributed by atoms with E-state index in [9.17, 15) is 4.79 Å². The highest BCUT2D eigenvalue weighted by atomic mass is 16.5. The minimum absolute atomic E-state index is 0.262. The molecule has 0 saturated heterocycles. The fourth-order valence-electron chi connectivity index (χ4n) is 2.92. The summed E-state index contributed by atoms with van der Waals surface area (Å²) in [5.74, 6) is 1.62. The largest absolute Gasteiger partial charge is 0.494 e. The van der Waals surface area contributed by atoms with Crippen LogP contribution in [0.15, 0.2) is 78.0 Å². The molecule has 0 unspecified atom stereocenters. The van der Waals surface area contributed by atoms with E-state index in [0.29, 0.717) is 31.3 Å². The van der Waals surface area contributed by atoms with Crippen molar-refractivity contribution < 1.29 is 14.3 Å². The first-order chi connectivity index (χ1) is 16.2. The number of pyridine rings is 1. The van der Waals surface area contributed by atoms with Crippen molar-refractivity contribution in [3.8, 4) is 11.5 Å². The summed E-state index contributed by atoms with van der Waals surface area (Å²) in [7, 11) is 0. The van der Waals surface area contributed by atoms with E-state index < -0.39 is 0 Å². The molecule has 0 fully saturated rings. The van der Waals surface area contributed by atoms with E-state index >= 15 is 0 Å². The summed E-state index contributed by atoms with van der Waals surface area (Å²) in [6.07, 6.45) is 5.50. The second-order valence-corrected chi connectivity index (χ2v) is 7.28. The van der Waals surface area contributed by atoms with Crippen molar-refractivity contribution in [3.63, 3.8) is 0 Å². The Labute approximate surface area is 194 Å². The van der Waals surface area contributed by atoms with Crippen LogP contribution in [0.4, 0.5) is 5.69 Å². The van der Waals surface area contributed by atoms with Crippen molar-refractivity contribution >= 4 is 17.6 Å². The fourth-order valence-corrected chi connectivity index (χ4v) is 2.92. The van der Waals surface area contributed by atoms with Crippen LogP contribution in [0.1, 0.15) is 42.6 Å². The van der Waals surface area contributed by atoms with Crippen molar-refractivity contribution in [1.29, 1.82) is 0 Å². The fraction of sp³-hybridized carbons (Fsp3) is 0.269. The number of guanidine groups is 1. The maximum Gasteiger partial charge on any atom is 0.257 e. The van der Waals surface area contributed by atoms with E-state index in [1.165, 1.54) is 0 Å². The summed E-state index contributed by atoms with van der Waals surface area (Å²) in [5, 5.41) is 6.06. The number of unbranched alkanes of at least 4 members (excludes halogenated alkanes) is 1. The first-order valence-electron chi connectivity index (χ1n) is 11.2. The van der Waals surface area contributed by atoms with Crippen molar-refractivity contribution in [2.45, 2.75) is 33.2 Å². The number of aliphatic imine (C=N–C) groups is 1. The normalized spacial score (nSPS) is 11.0. The van der Waals surface area contributed by atoms with Gasteiger partial charge in [0.05, 0.1) is 19.8 Å². The molecule has 0 bridgehead atoms. The molecular weight excluding hydrogens is 416 g/mol. The summed E-state index contributed by atoms with van der Waals surface area (Å²) in [6, 6.07) is 18.4. The zero-order valence-corrected chi connectivity index (χ0v) is 19.1. The van der Waals surface area contributed by atoms with Gasteiger partial charge in [-0.1, -0.05) is 13.3 Å². The number of hydrogen-bond donors (Lipinski definition) is 2. The average Bonchev–Trinajstić information content (AvgIpc) is 2.85. The third kappa shape index (κ3) is 7.96. The van der Waals surface area contributed by atoms with Gasteiger partial charge in [-0.2, -0.15) is 0 Å². The number of carbonyl (C=O) groups is 1. The highest BCUT2D eigenvalue weighted by Gasteiger charge is 2.10. The van der Waals surface area contributed by atoms with Gasteiger partial charge in [0.2, 0.25) is 5.96 Å². The summed E-state index contributed by atoms with van der Waals surface area (Å²) in [4.78, 5) is 21.5. The summed E-state index contributed by atoms with van der Waals surface area (Å²) < 4.78 is 11.2. The number of nitrogens with one attached hydrogen (secondary N) is 2. The lowest BCUT2D eigenvalue weighted by Gasteiger charge is -2.13. The number of anilines is 1. The first-order valence-corrected chi connectivity index (χ1v) is 11.2. The summed E-state index contributed by atoms with van der Waals surface area (Å²) in [5.41, 5.74) is 2.29. The molecule has 0 radical (unpaired) electrons. The molecule has 0 aliphatic heterocycles. The third-order valence-electron chi connectivity index (χ3n) is 4.71. The molecule has 7 heteroatoms. The third-order valence-corrected chi connectivity index (χ3v) is 4.71. The number of ether oxygens (including phenoxy) is 2. The van der Waals surface area contributed by atoms with Crippen LogP contribution in [0, 0.1) is 0 Å². The molecule has 172 valence electrons. The molecule has 2 aromatic carbocycles. The topological polar surface area (TPSA) is 84.8 Å². The summed E-state index contributed by atoms with van der Waals surface area (Å²) in [6.45, 7) is 5.72. The monoisotopic (exact) mass is 446 g/mol. The number of amides is 1. The molecule has 3 rings (SSSR count). The van der Waals surface area contributed by atoms with Gasteiger partial charge in [0, 0.05) is 23.6 Å². The van der Waals surface area contributed by atoms with Gasteiger partial charge in [-0.05, 0) is 79.6 Å². The average molecular weight is 447 g/mol. The molecule has 0 atom stereocenters. The van der Waals surface area contributed by atoms with Crippen LogP contribution in [0.2, 0.25) is 0 Å². The lowest BCUT2D eigenvalue weighted by Crippen LogP contribution is -2.36. The number of benzene rings is 2. The van der Waals surface area contributed by atoms with Crippen LogP contribution in [0.3, 0.4) is 0 Å². The van der Waals surface area contributed by atoms with Gasteiger partial charge in [0.15, 0.2) is 0 Å². The molecule has 1 heterocycles. The molecule has 0 spiro atoms. The number of aromatic nitrogens is 1. The zero-order chi connectivity index (χ0) is 23.3. The van der Waals surface area contributed by atoms with Gasteiger partial charge in [0.25, 0.3) is 5.91 Å².